The van der Waals surface area contributed by atoms with Crippen LogP contribution in [0, 0.1) is 0 Å². The molecule has 9 heteroatoms. The third-order valence-electron chi connectivity index (χ3n) is 4.65. The number of carbonyl (C=O) groups excluding carboxylic acids is 1. The Morgan fingerprint density at radius 1 is 1.04 bits per heavy atom. The van der Waals surface area contributed by atoms with Gasteiger partial charge < -0.3 is 9.64 Å². The van der Waals surface area contributed by atoms with Crippen molar-refractivity contribution in [1.29, 1.82) is 0 Å². The number of halogens is 2. The van der Waals surface area contributed by atoms with E-state index in [9.17, 15) is 13.2 Å². The van der Waals surface area contributed by atoms with Gasteiger partial charge in [0, 0.05) is 36.2 Å². The summed E-state index contributed by atoms with van der Waals surface area (Å²) >= 11 is 12.0. The normalized spacial score (nSPS) is 15.5. The predicted octanol–water partition coefficient (Wildman–Crippen LogP) is 3.08. The fourth-order valence-electron chi connectivity index (χ4n) is 3.01. The van der Waals surface area contributed by atoms with Gasteiger partial charge in [-0.3, -0.25) is 4.79 Å². The van der Waals surface area contributed by atoms with Gasteiger partial charge >= 0.3 is 0 Å². The standard InChI is InChI=1S/C19H20Cl2N2O4S/c1-27-16-4-6-17(7-5-16)28(25,26)23-10-8-22(9-11-23)19(24)12-14-2-3-15(20)13-18(14)21/h2-7,13H,8-12H2,1H3. The van der Waals surface area contributed by atoms with E-state index < -0.39 is 10.0 Å². The Hall–Kier alpha value is -1.80. The van der Waals surface area contributed by atoms with Gasteiger partial charge in [0.1, 0.15) is 5.75 Å². The smallest absolute Gasteiger partial charge is 0.243 e. The Bertz CT molecular complexity index is 956. The van der Waals surface area contributed by atoms with Gasteiger partial charge in [0.2, 0.25) is 15.9 Å². The molecule has 6 nitrogen and oxygen atoms in total. The Kier molecular flexibility index (Phi) is 6.50. The van der Waals surface area contributed by atoms with Crippen molar-refractivity contribution in [3.8, 4) is 5.75 Å². The molecule has 1 amide bonds. The van der Waals surface area contributed by atoms with Gasteiger partial charge in [-0.05, 0) is 42.0 Å². The van der Waals surface area contributed by atoms with E-state index in [0.29, 0.717) is 34.4 Å². The molecule has 0 spiro atoms. The molecule has 0 unspecified atom stereocenters. The lowest BCUT2D eigenvalue weighted by molar-refractivity contribution is -0.131. The minimum atomic E-state index is -3.60. The highest BCUT2D eigenvalue weighted by atomic mass is 35.5. The van der Waals surface area contributed by atoms with Gasteiger partial charge in [-0.1, -0.05) is 29.3 Å². The van der Waals surface area contributed by atoms with Crippen LogP contribution in [0.2, 0.25) is 10.0 Å². The zero-order chi connectivity index (χ0) is 20.3. The van der Waals surface area contributed by atoms with E-state index in [1.165, 1.54) is 23.5 Å². The summed E-state index contributed by atoms with van der Waals surface area (Å²) in [4.78, 5) is 14.4. The maximum absolute atomic E-state index is 12.8. The van der Waals surface area contributed by atoms with Crippen molar-refractivity contribution >= 4 is 39.1 Å². The quantitative estimate of drug-likeness (QED) is 0.713. The van der Waals surface area contributed by atoms with Crippen LogP contribution in [0.3, 0.4) is 0 Å². The lowest BCUT2D eigenvalue weighted by Crippen LogP contribution is -2.50. The third kappa shape index (κ3) is 4.60. The molecule has 0 N–H and O–H groups in total. The molecule has 150 valence electrons. The number of hydrogen-bond acceptors (Lipinski definition) is 4. The molecule has 0 aromatic heterocycles. The first kappa shape index (κ1) is 20.9. The Balaban J connectivity index is 1.62. The second-order valence-electron chi connectivity index (χ2n) is 6.37. The summed E-state index contributed by atoms with van der Waals surface area (Å²) in [5.74, 6) is 0.501. The predicted molar refractivity (Wildman–Crippen MR) is 108 cm³/mol. The molecule has 1 saturated heterocycles. The van der Waals surface area contributed by atoms with Crippen LogP contribution in [0.1, 0.15) is 5.56 Å². The van der Waals surface area contributed by atoms with Crippen molar-refractivity contribution in [1.82, 2.24) is 9.21 Å². The molecule has 28 heavy (non-hydrogen) atoms. The Morgan fingerprint density at radius 2 is 1.68 bits per heavy atom. The van der Waals surface area contributed by atoms with Crippen molar-refractivity contribution in [2.45, 2.75) is 11.3 Å². The summed E-state index contributed by atoms with van der Waals surface area (Å²) in [6.45, 7) is 1.15. The lowest BCUT2D eigenvalue weighted by Gasteiger charge is -2.34. The number of rotatable bonds is 5. The Labute approximate surface area is 174 Å². The largest absolute Gasteiger partial charge is 0.497 e. The van der Waals surface area contributed by atoms with Gasteiger partial charge in [-0.15, -0.1) is 0 Å². The fraction of sp³-hybridized carbons (Fsp3) is 0.316. The average molecular weight is 443 g/mol. The number of benzene rings is 2. The highest BCUT2D eigenvalue weighted by molar-refractivity contribution is 7.89. The van der Waals surface area contributed by atoms with Crippen molar-refractivity contribution in [2.24, 2.45) is 0 Å². The molecule has 0 radical (unpaired) electrons. The van der Waals surface area contributed by atoms with Gasteiger partial charge in [0.25, 0.3) is 0 Å². The van der Waals surface area contributed by atoms with Crippen LogP contribution >= 0.6 is 23.2 Å². The maximum Gasteiger partial charge on any atom is 0.243 e. The van der Waals surface area contributed by atoms with Gasteiger partial charge in [-0.25, -0.2) is 8.42 Å². The second-order valence-corrected chi connectivity index (χ2v) is 9.15. The zero-order valence-electron chi connectivity index (χ0n) is 15.3. The summed E-state index contributed by atoms with van der Waals surface area (Å²) in [5.41, 5.74) is 0.698. The molecular weight excluding hydrogens is 423 g/mol. The Morgan fingerprint density at radius 3 is 2.25 bits per heavy atom. The second kappa shape index (κ2) is 8.69. The first-order chi connectivity index (χ1) is 13.3. The van der Waals surface area contributed by atoms with E-state index in [1.54, 1.807) is 35.2 Å². The van der Waals surface area contributed by atoms with E-state index in [1.807, 2.05) is 0 Å². The van der Waals surface area contributed by atoms with Crippen molar-refractivity contribution in [2.75, 3.05) is 33.3 Å². The SMILES string of the molecule is COc1ccc(S(=O)(=O)N2CCN(C(=O)Cc3ccc(Cl)cc3Cl)CC2)cc1. The van der Waals surface area contributed by atoms with E-state index >= 15 is 0 Å². The van der Waals surface area contributed by atoms with Crippen LogP contribution in [0.5, 0.6) is 5.75 Å². The summed E-state index contributed by atoms with van der Waals surface area (Å²) in [6, 6.07) is 11.3. The van der Waals surface area contributed by atoms with Crippen LogP contribution in [0.15, 0.2) is 47.4 Å². The van der Waals surface area contributed by atoms with Crippen LogP contribution < -0.4 is 4.74 Å². The molecule has 2 aromatic carbocycles. The number of nitrogens with zero attached hydrogens (tertiary/aromatic N) is 2. The number of sulfonamides is 1. The van der Waals surface area contributed by atoms with Crippen LogP contribution in [-0.4, -0.2) is 56.8 Å². The van der Waals surface area contributed by atoms with E-state index in [2.05, 4.69) is 0 Å². The molecule has 0 atom stereocenters. The molecular formula is C19H20Cl2N2O4S. The molecule has 0 aliphatic carbocycles. The van der Waals surface area contributed by atoms with Crippen molar-refractivity contribution < 1.29 is 17.9 Å². The van der Waals surface area contributed by atoms with Gasteiger partial charge in [0.05, 0.1) is 18.4 Å². The molecule has 1 heterocycles. The van der Waals surface area contributed by atoms with E-state index in [0.717, 1.165) is 0 Å². The summed E-state index contributed by atoms with van der Waals surface area (Å²) in [7, 11) is -2.08. The summed E-state index contributed by atoms with van der Waals surface area (Å²) in [5, 5.41) is 0.958. The number of piperazine rings is 1. The number of ether oxygens (including phenoxy) is 1. The minimum absolute atomic E-state index is 0.0919. The number of carbonyl (C=O) groups is 1. The molecule has 1 aliphatic rings. The van der Waals surface area contributed by atoms with Crippen LogP contribution in [0.4, 0.5) is 0 Å². The molecule has 1 fully saturated rings. The monoisotopic (exact) mass is 442 g/mol. The van der Waals surface area contributed by atoms with Crippen molar-refractivity contribution in [3.63, 3.8) is 0 Å². The lowest BCUT2D eigenvalue weighted by atomic mass is 10.1. The summed E-state index contributed by atoms with van der Waals surface area (Å²) < 4.78 is 32.0. The van der Waals surface area contributed by atoms with Crippen LogP contribution in [0.25, 0.3) is 0 Å². The molecule has 3 rings (SSSR count). The number of hydrogen-bond donors (Lipinski definition) is 0. The highest BCUT2D eigenvalue weighted by Gasteiger charge is 2.30. The number of amides is 1. The maximum atomic E-state index is 12.8. The molecule has 1 aliphatic heterocycles. The van der Waals surface area contributed by atoms with E-state index in [4.69, 9.17) is 27.9 Å². The third-order valence-corrected chi connectivity index (χ3v) is 7.15. The fourth-order valence-corrected chi connectivity index (χ4v) is 4.91. The number of methoxy groups -OCH3 is 1. The molecule has 2 aromatic rings. The van der Waals surface area contributed by atoms with E-state index in [-0.39, 0.29) is 30.3 Å². The van der Waals surface area contributed by atoms with Gasteiger partial charge in [-0.2, -0.15) is 4.31 Å². The zero-order valence-corrected chi connectivity index (χ0v) is 17.6. The summed E-state index contributed by atoms with van der Waals surface area (Å²) in [6.07, 6.45) is 0.154. The molecule has 0 saturated carbocycles. The minimum Gasteiger partial charge on any atom is -0.497 e. The van der Waals surface area contributed by atoms with Crippen molar-refractivity contribution in [3.05, 3.63) is 58.1 Å². The molecule has 0 bridgehead atoms. The topological polar surface area (TPSA) is 66.9 Å². The van der Waals surface area contributed by atoms with Gasteiger partial charge in [0.15, 0.2) is 0 Å². The highest BCUT2D eigenvalue weighted by Crippen LogP contribution is 2.23. The average Bonchev–Trinajstić information content (AvgIpc) is 2.70. The first-order valence-corrected chi connectivity index (χ1v) is 10.9. The first-order valence-electron chi connectivity index (χ1n) is 8.67. The van der Waals surface area contributed by atoms with Crippen LogP contribution in [-0.2, 0) is 21.2 Å².